The minimum absolute atomic E-state index is 0.0873. The van der Waals surface area contributed by atoms with Gasteiger partial charge >= 0.3 is 0 Å². The van der Waals surface area contributed by atoms with Gasteiger partial charge in [0, 0.05) is 51.7 Å². The molecule has 1 aromatic heterocycles. The fourth-order valence-electron chi connectivity index (χ4n) is 4.30. The van der Waals surface area contributed by atoms with Gasteiger partial charge < -0.3 is 10.2 Å². The number of hydrogen-bond donors (Lipinski definition) is 1. The topological polar surface area (TPSA) is 53.4 Å². The highest BCUT2D eigenvalue weighted by atomic mass is 16.2. The summed E-state index contributed by atoms with van der Waals surface area (Å²) >= 11 is 0. The molecule has 0 saturated carbocycles. The van der Waals surface area contributed by atoms with Gasteiger partial charge in [0.2, 0.25) is 5.91 Å². The molecule has 2 aliphatic rings. The van der Waals surface area contributed by atoms with Crippen molar-refractivity contribution >= 4 is 5.91 Å². The summed E-state index contributed by atoms with van der Waals surface area (Å²) in [6.45, 7) is 9.54. The molecule has 0 spiro atoms. The zero-order valence-electron chi connectivity index (χ0n) is 16.3. The van der Waals surface area contributed by atoms with Crippen molar-refractivity contribution in [1.82, 2.24) is 24.9 Å². The summed E-state index contributed by atoms with van der Waals surface area (Å²) in [6, 6.07) is 6.30. The number of piperazine rings is 1. The van der Waals surface area contributed by atoms with Crippen molar-refractivity contribution in [2.45, 2.75) is 39.3 Å². The maximum Gasteiger partial charge on any atom is 0.241 e. The summed E-state index contributed by atoms with van der Waals surface area (Å²) in [5.41, 5.74) is 4.95. The molecule has 0 radical (unpaired) electrons. The van der Waals surface area contributed by atoms with Crippen LogP contribution in [0.2, 0.25) is 0 Å². The van der Waals surface area contributed by atoms with E-state index in [0.717, 1.165) is 57.8 Å². The maximum absolute atomic E-state index is 12.8. The van der Waals surface area contributed by atoms with E-state index < -0.39 is 0 Å². The molecule has 1 amide bonds. The van der Waals surface area contributed by atoms with Crippen LogP contribution in [0.4, 0.5) is 0 Å². The second-order valence-corrected chi connectivity index (χ2v) is 7.80. The number of benzene rings is 1. The normalized spacial score (nSPS) is 21.0. The molecule has 1 aromatic carbocycles. The minimum atomic E-state index is -0.0873. The molecule has 0 unspecified atom stereocenters. The first-order valence-electron chi connectivity index (χ1n) is 9.96. The van der Waals surface area contributed by atoms with E-state index in [-0.39, 0.29) is 11.9 Å². The quantitative estimate of drug-likeness (QED) is 0.897. The van der Waals surface area contributed by atoms with Gasteiger partial charge in [-0.25, -0.2) is 4.68 Å². The third kappa shape index (κ3) is 3.92. The molecule has 2 saturated heterocycles. The fraction of sp³-hybridized carbons (Fsp3) is 0.524. The average Bonchev–Trinajstić information content (AvgIpc) is 3.37. The van der Waals surface area contributed by atoms with E-state index in [4.69, 9.17) is 0 Å². The summed E-state index contributed by atoms with van der Waals surface area (Å²) in [6.07, 6.45) is 6.09. The molecule has 6 nitrogen and oxygen atoms in total. The summed E-state index contributed by atoms with van der Waals surface area (Å²) in [5, 5.41) is 7.87. The number of nitrogens with one attached hydrogen (secondary N) is 1. The predicted molar refractivity (Wildman–Crippen MR) is 106 cm³/mol. The lowest BCUT2D eigenvalue weighted by molar-refractivity contribution is -0.133. The number of nitrogens with zero attached hydrogens (tertiary/aromatic N) is 4. The highest BCUT2D eigenvalue weighted by molar-refractivity contribution is 5.82. The standard InChI is InChI=1S/C21H29N5O/c1-16-12-17(2)18(20(13-16)26-10-5-6-23-26)14-24-11-7-22-19(15-24)21(27)25-8-3-4-9-25/h5-6,10,12-13,19,22H,3-4,7-9,11,14-15H2,1-2H3/t19-/m1/s1. The highest BCUT2D eigenvalue weighted by Crippen LogP contribution is 2.23. The highest BCUT2D eigenvalue weighted by Gasteiger charge is 2.30. The maximum atomic E-state index is 12.8. The zero-order chi connectivity index (χ0) is 18.8. The Labute approximate surface area is 161 Å². The van der Waals surface area contributed by atoms with Crippen LogP contribution in [0.25, 0.3) is 5.69 Å². The number of carbonyl (C=O) groups excluding carboxylic acids is 1. The van der Waals surface area contributed by atoms with Crippen molar-refractivity contribution in [2.75, 3.05) is 32.7 Å². The van der Waals surface area contributed by atoms with Crippen molar-refractivity contribution in [2.24, 2.45) is 0 Å². The molecule has 2 aromatic rings. The van der Waals surface area contributed by atoms with Crippen molar-refractivity contribution in [3.8, 4) is 5.69 Å². The lowest BCUT2D eigenvalue weighted by atomic mass is 10.0. The number of rotatable bonds is 4. The largest absolute Gasteiger partial charge is 0.341 e. The number of aryl methyl sites for hydroxylation is 2. The molecule has 4 rings (SSSR count). The summed E-state index contributed by atoms with van der Waals surface area (Å²) in [7, 11) is 0. The van der Waals surface area contributed by atoms with Gasteiger partial charge in [-0.3, -0.25) is 9.69 Å². The Kier molecular flexibility index (Phi) is 5.27. The van der Waals surface area contributed by atoms with Gasteiger partial charge in [-0.05, 0) is 55.5 Å². The van der Waals surface area contributed by atoms with Crippen LogP contribution in [-0.2, 0) is 11.3 Å². The average molecular weight is 367 g/mol. The van der Waals surface area contributed by atoms with E-state index in [1.54, 1.807) is 0 Å². The second kappa shape index (κ2) is 7.82. The van der Waals surface area contributed by atoms with E-state index in [2.05, 4.69) is 41.3 Å². The van der Waals surface area contributed by atoms with Crippen LogP contribution in [0.5, 0.6) is 0 Å². The minimum Gasteiger partial charge on any atom is -0.341 e. The molecule has 0 bridgehead atoms. The van der Waals surface area contributed by atoms with Gasteiger partial charge in [-0.2, -0.15) is 5.10 Å². The third-order valence-corrected chi connectivity index (χ3v) is 5.70. The number of aromatic nitrogens is 2. The number of carbonyl (C=O) groups is 1. The lowest BCUT2D eigenvalue weighted by Crippen LogP contribution is -2.57. The van der Waals surface area contributed by atoms with Crippen molar-refractivity contribution in [1.29, 1.82) is 0 Å². The smallest absolute Gasteiger partial charge is 0.241 e. The van der Waals surface area contributed by atoms with Gasteiger partial charge in [-0.15, -0.1) is 0 Å². The number of amides is 1. The molecular weight excluding hydrogens is 338 g/mol. The molecule has 1 N–H and O–H groups in total. The van der Waals surface area contributed by atoms with Gasteiger partial charge in [0.25, 0.3) is 0 Å². The third-order valence-electron chi connectivity index (χ3n) is 5.70. The molecule has 2 fully saturated rings. The summed E-state index contributed by atoms with van der Waals surface area (Å²) in [4.78, 5) is 17.2. The van der Waals surface area contributed by atoms with E-state index in [1.807, 2.05) is 28.0 Å². The van der Waals surface area contributed by atoms with Gasteiger partial charge in [0.05, 0.1) is 11.7 Å². The number of hydrogen-bond acceptors (Lipinski definition) is 4. The van der Waals surface area contributed by atoms with E-state index in [9.17, 15) is 4.79 Å². The Morgan fingerprint density at radius 3 is 2.78 bits per heavy atom. The van der Waals surface area contributed by atoms with E-state index in [0.29, 0.717) is 0 Å². The molecule has 0 aliphatic carbocycles. The molecule has 2 aliphatic heterocycles. The Hall–Kier alpha value is -2.18. The number of likely N-dealkylation sites (tertiary alicyclic amines) is 1. The van der Waals surface area contributed by atoms with Gasteiger partial charge in [0.1, 0.15) is 0 Å². The lowest BCUT2D eigenvalue weighted by Gasteiger charge is -2.35. The first-order valence-corrected chi connectivity index (χ1v) is 9.96. The fourth-order valence-corrected chi connectivity index (χ4v) is 4.30. The van der Waals surface area contributed by atoms with Crippen LogP contribution < -0.4 is 5.32 Å². The van der Waals surface area contributed by atoms with E-state index in [1.165, 1.54) is 16.7 Å². The molecular formula is C21H29N5O. The van der Waals surface area contributed by atoms with E-state index >= 15 is 0 Å². The summed E-state index contributed by atoms with van der Waals surface area (Å²) in [5.74, 6) is 0.269. The summed E-state index contributed by atoms with van der Waals surface area (Å²) < 4.78 is 1.95. The van der Waals surface area contributed by atoms with Crippen LogP contribution in [-0.4, -0.2) is 64.3 Å². The van der Waals surface area contributed by atoms with Crippen molar-refractivity contribution in [3.63, 3.8) is 0 Å². The van der Waals surface area contributed by atoms with Crippen molar-refractivity contribution in [3.05, 3.63) is 47.3 Å². The Balaban J connectivity index is 1.53. The van der Waals surface area contributed by atoms with Crippen LogP contribution in [0, 0.1) is 13.8 Å². The molecule has 1 atom stereocenters. The Morgan fingerprint density at radius 2 is 2.04 bits per heavy atom. The van der Waals surface area contributed by atoms with Crippen LogP contribution >= 0.6 is 0 Å². The molecule has 6 heteroatoms. The predicted octanol–water partition coefficient (Wildman–Crippen LogP) is 1.89. The molecule has 27 heavy (non-hydrogen) atoms. The second-order valence-electron chi connectivity index (χ2n) is 7.80. The van der Waals surface area contributed by atoms with Crippen molar-refractivity contribution < 1.29 is 4.79 Å². The first kappa shape index (κ1) is 18.2. The molecule has 3 heterocycles. The first-order chi connectivity index (χ1) is 13.1. The van der Waals surface area contributed by atoms with Gasteiger partial charge in [-0.1, -0.05) is 6.07 Å². The molecule has 144 valence electrons. The van der Waals surface area contributed by atoms with Crippen LogP contribution in [0.1, 0.15) is 29.5 Å². The SMILES string of the molecule is Cc1cc(C)c(CN2CCN[C@@H](C(=O)N3CCCC3)C2)c(-n2cccn2)c1. The monoisotopic (exact) mass is 367 g/mol. The zero-order valence-corrected chi connectivity index (χ0v) is 16.3. The Morgan fingerprint density at radius 1 is 1.22 bits per heavy atom. The Bertz CT molecular complexity index is 795. The van der Waals surface area contributed by atoms with Gasteiger partial charge in [0.15, 0.2) is 0 Å². The van der Waals surface area contributed by atoms with Crippen LogP contribution in [0.15, 0.2) is 30.6 Å². The van der Waals surface area contributed by atoms with Crippen LogP contribution in [0.3, 0.4) is 0 Å².